The molecule has 8 nitrogen and oxygen atoms in total. The van der Waals surface area contributed by atoms with Gasteiger partial charge < -0.3 is 20.3 Å². The average molecular weight is 296 g/mol. The molecule has 1 amide bonds. The van der Waals surface area contributed by atoms with Crippen molar-refractivity contribution in [3.05, 3.63) is 0 Å². The quantitative estimate of drug-likeness (QED) is 0.774. The highest BCUT2D eigenvalue weighted by molar-refractivity contribution is 5.83. The molecule has 0 aromatic carbocycles. The van der Waals surface area contributed by atoms with Crippen LogP contribution in [0.25, 0.3) is 0 Å². The second-order valence-corrected chi connectivity index (χ2v) is 5.06. The van der Waals surface area contributed by atoms with Gasteiger partial charge in [-0.15, -0.1) is 0 Å². The molecule has 0 fully saturated rings. The Morgan fingerprint density at radius 3 is 2.33 bits per heavy atom. The standard InChI is InChI=1S/C13H24N6O2/c1-7-14-11-16-12(15-9(4)10(20)19(5)6)18-13(17-11)21-8(2)3/h8-9H,7H2,1-6H3,(H2,14,15,16,17,18). The van der Waals surface area contributed by atoms with Crippen molar-refractivity contribution in [3.63, 3.8) is 0 Å². The topological polar surface area (TPSA) is 92.3 Å². The fourth-order valence-corrected chi connectivity index (χ4v) is 1.56. The molecule has 21 heavy (non-hydrogen) atoms. The molecule has 0 spiro atoms. The molecule has 2 N–H and O–H groups in total. The van der Waals surface area contributed by atoms with E-state index in [0.29, 0.717) is 18.4 Å². The van der Waals surface area contributed by atoms with Crippen LogP contribution in [0, 0.1) is 0 Å². The van der Waals surface area contributed by atoms with Crippen LogP contribution in [-0.4, -0.2) is 58.5 Å². The van der Waals surface area contributed by atoms with E-state index >= 15 is 0 Å². The van der Waals surface area contributed by atoms with Gasteiger partial charge >= 0.3 is 6.01 Å². The molecule has 1 heterocycles. The maximum atomic E-state index is 11.9. The number of nitrogens with one attached hydrogen (secondary N) is 2. The molecule has 0 aliphatic carbocycles. The van der Waals surface area contributed by atoms with Crippen molar-refractivity contribution in [2.45, 2.75) is 39.8 Å². The third-order valence-corrected chi connectivity index (χ3v) is 2.45. The molecule has 0 bridgehead atoms. The first-order valence-corrected chi connectivity index (χ1v) is 6.97. The molecule has 0 radical (unpaired) electrons. The van der Waals surface area contributed by atoms with Gasteiger partial charge in [0.05, 0.1) is 6.10 Å². The van der Waals surface area contributed by atoms with Crippen molar-refractivity contribution < 1.29 is 9.53 Å². The zero-order chi connectivity index (χ0) is 16.0. The van der Waals surface area contributed by atoms with Crippen molar-refractivity contribution in [2.24, 2.45) is 0 Å². The predicted octanol–water partition coefficient (Wildman–Crippen LogP) is 0.979. The summed E-state index contributed by atoms with van der Waals surface area (Å²) in [6.07, 6.45) is -0.0458. The Hall–Kier alpha value is -2.12. The summed E-state index contributed by atoms with van der Waals surface area (Å²) < 4.78 is 5.49. The molecular formula is C13H24N6O2. The average Bonchev–Trinajstić information content (AvgIpc) is 2.36. The molecule has 0 aliphatic rings. The number of hydrogen-bond acceptors (Lipinski definition) is 7. The van der Waals surface area contributed by atoms with E-state index in [4.69, 9.17) is 4.74 Å². The Morgan fingerprint density at radius 2 is 1.81 bits per heavy atom. The first-order chi connectivity index (χ1) is 9.83. The molecule has 1 rings (SSSR count). The number of rotatable bonds is 7. The SMILES string of the molecule is CCNc1nc(NC(C)C(=O)N(C)C)nc(OC(C)C)n1. The van der Waals surface area contributed by atoms with Crippen LogP contribution in [0.2, 0.25) is 0 Å². The van der Waals surface area contributed by atoms with Gasteiger partial charge in [-0.1, -0.05) is 0 Å². The van der Waals surface area contributed by atoms with E-state index in [1.165, 1.54) is 4.90 Å². The third kappa shape index (κ3) is 5.41. The summed E-state index contributed by atoms with van der Waals surface area (Å²) >= 11 is 0. The van der Waals surface area contributed by atoms with Gasteiger partial charge in [0.25, 0.3) is 0 Å². The molecule has 118 valence electrons. The zero-order valence-corrected chi connectivity index (χ0v) is 13.5. The van der Waals surface area contributed by atoms with Gasteiger partial charge in [0.15, 0.2) is 0 Å². The van der Waals surface area contributed by atoms with Crippen molar-refractivity contribution >= 4 is 17.8 Å². The second kappa shape index (κ2) is 7.61. The number of likely N-dealkylation sites (N-methyl/N-ethyl adjacent to an activating group) is 1. The number of ether oxygens (including phenoxy) is 1. The summed E-state index contributed by atoms with van der Waals surface area (Å²) in [7, 11) is 3.40. The largest absolute Gasteiger partial charge is 0.461 e. The summed E-state index contributed by atoms with van der Waals surface area (Å²) in [5.74, 6) is 0.654. The Labute approximate surface area is 125 Å². The summed E-state index contributed by atoms with van der Waals surface area (Å²) in [4.78, 5) is 25.9. The van der Waals surface area contributed by atoms with Crippen molar-refractivity contribution in [3.8, 4) is 6.01 Å². The van der Waals surface area contributed by atoms with E-state index in [-0.39, 0.29) is 18.0 Å². The van der Waals surface area contributed by atoms with Gasteiger partial charge in [-0.05, 0) is 27.7 Å². The molecule has 8 heteroatoms. The number of carbonyl (C=O) groups excluding carboxylic acids is 1. The van der Waals surface area contributed by atoms with Crippen molar-refractivity contribution in [1.29, 1.82) is 0 Å². The number of anilines is 2. The molecule has 1 aromatic heterocycles. The second-order valence-electron chi connectivity index (χ2n) is 5.06. The Balaban J connectivity index is 2.94. The zero-order valence-electron chi connectivity index (χ0n) is 13.5. The Bertz CT molecular complexity index is 478. The molecule has 0 aliphatic heterocycles. The van der Waals surface area contributed by atoms with Gasteiger partial charge in [0.1, 0.15) is 6.04 Å². The maximum Gasteiger partial charge on any atom is 0.323 e. The van der Waals surface area contributed by atoms with E-state index in [1.54, 1.807) is 21.0 Å². The molecule has 1 unspecified atom stereocenters. The lowest BCUT2D eigenvalue weighted by molar-refractivity contribution is -0.129. The molecule has 0 saturated carbocycles. The van der Waals surface area contributed by atoms with E-state index in [1.807, 2.05) is 20.8 Å². The van der Waals surface area contributed by atoms with E-state index in [9.17, 15) is 4.79 Å². The van der Waals surface area contributed by atoms with Crippen molar-refractivity contribution in [2.75, 3.05) is 31.3 Å². The normalized spacial score (nSPS) is 12.0. The predicted molar refractivity (Wildman–Crippen MR) is 81.5 cm³/mol. The Kier molecular flexibility index (Phi) is 6.13. The van der Waals surface area contributed by atoms with Crippen LogP contribution in [0.4, 0.5) is 11.9 Å². The summed E-state index contributed by atoms with van der Waals surface area (Å²) in [6.45, 7) is 8.15. The Morgan fingerprint density at radius 1 is 1.19 bits per heavy atom. The van der Waals surface area contributed by atoms with Crippen LogP contribution in [0.3, 0.4) is 0 Å². The van der Waals surface area contributed by atoms with Gasteiger partial charge in [0, 0.05) is 20.6 Å². The summed E-state index contributed by atoms with van der Waals surface area (Å²) in [5, 5.41) is 5.97. The fraction of sp³-hybridized carbons (Fsp3) is 0.692. The van der Waals surface area contributed by atoms with Gasteiger partial charge in [-0.2, -0.15) is 15.0 Å². The number of amides is 1. The van der Waals surface area contributed by atoms with Crippen molar-refractivity contribution in [1.82, 2.24) is 19.9 Å². The molecular weight excluding hydrogens is 272 g/mol. The lowest BCUT2D eigenvalue weighted by atomic mass is 10.3. The highest BCUT2D eigenvalue weighted by atomic mass is 16.5. The number of hydrogen-bond donors (Lipinski definition) is 2. The number of nitrogens with zero attached hydrogens (tertiary/aromatic N) is 4. The van der Waals surface area contributed by atoms with Crippen LogP contribution in [0.1, 0.15) is 27.7 Å². The van der Waals surface area contributed by atoms with E-state index in [2.05, 4.69) is 25.6 Å². The smallest absolute Gasteiger partial charge is 0.323 e. The van der Waals surface area contributed by atoms with E-state index < -0.39 is 6.04 Å². The number of aromatic nitrogens is 3. The van der Waals surface area contributed by atoms with Gasteiger partial charge in [-0.25, -0.2) is 0 Å². The maximum absolute atomic E-state index is 11.9. The first-order valence-electron chi connectivity index (χ1n) is 6.97. The molecule has 0 saturated heterocycles. The molecule has 1 aromatic rings. The van der Waals surface area contributed by atoms with Gasteiger partial charge in [0.2, 0.25) is 17.8 Å². The monoisotopic (exact) mass is 296 g/mol. The van der Waals surface area contributed by atoms with Crippen LogP contribution in [0.15, 0.2) is 0 Å². The fourth-order valence-electron chi connectivity index (χ4n) is 1.56. The molecule has 1 atom stereocenters. The lowest BCUT2D eigenvalue weighted by Gasteiger charge is -2.18. The van der Waals surface area contributed by atoms with Crippen LogP contribution < -0.4 is 15.4 Å². The minimum absolute atomic E-state index is 0.0458. The number of carbonyl (C=O) groups is 1. The van der Waals surface area contributed by atoms with Crippen LogP contribution in [0.5, 0.6) is 6.01 Å². The van der Waals surface area contributed by atoms with E-state index in [0.717, 1.165) is 0 Å². The first kappa shape index (κ1) is 16.9. The van der Waals surface area contributed by atoms with Crippen LogP contribution >= 0.6 is 0 Å². The van der Waals surface area contributed by atoms with Gasteiger partial charge in [-0.3, -0.25) is 4.79 Å². The van der Waals surface area contributed by atoms with Crippen LogP contribution in [-0.2, 0) is 4.79 Å². The minimum Gasteiger partial charge on any atom is -0.461 e. The summed E-state index contributed by atoms with van der Waals surface area (Å²) in [5.41, 5.74) is 0. The summed E-state index contributed by atoms with van der Waals surface area (Å²) in [6, 6.07) is -0.216. The lowest BCUT2D eigenvalue weighted by Crippen LogP contribution is -2.37. The highest BCUT2D eigenvalue weighted by Crippen LogP contribution is 2.13. The minimum atomic E-state index is -0.441. The third-order valence-electron chi connectivity index (χ3n) is 2.45. The highest BCUT2D eigenvalue weighted by Gasteiger charge is 2.17.